The number of rotatable bonds is 6. The van der Waals surface area contributed by atoms with E-state index in [1.54, 1.807) is 31.2 Å². The van der Waals surface area contributed by atoms with Crippen LogP contribution in [0.5, 0.6) is 5.75 Å². The van der Waals surface area contributed by atoms with Crippen molar-refractivity contribution in [2.24, 2.45) is 5.92 Å². The van der Waals surface area contributed by atoms with Crippen LogP contribution in [0.1, 0.15) is 18.5 Å². The quantitative estimate of drug-likeness (QED) is 0.517. The number of carbonyl (C=O) groups excluding carboxylic acids is 1. The van der Waals surface area contributed by atoms with E-state index in [-0.39, 0.29) is 27.9 Å². The third-order valence-electron chi connectivity index (χ3n) is 5.79. The van der Waals surface area contributed by atoms with Crippen molar-refractivity contribution >= 4 is 33.2 Å². The standard InChI is InChI=1S/C24H25ClN4O5S/c1-15-11-22(30)28-23(26-15)16-5-3-7-18(12-16)27-24(31)17-6-4-10-29(14-17)35(32,33)19-8-9-21(34-2)20(25)13-19/h3,5,7-9,11-13,17H,4,6,10,14H2,1-2H3,(H,27,31)(H,26,28,30). The Kier molecular flexibility index (Phi) is 7.25. The normalized spacial score (nSPS) is 16.6. The van der Waals surface area contributed by atoms with Crippen molar-refractivity contribution in [3.05, 3.63) is 69.6 Å². The topological polar surface area (TPSA) is 121 Å². The van der Waals surface area contributed by atoms with E-state index in [0.717, 1.165) is 0 Å². The Morgan fingerprint density at radius 3 is 2.74 bits per heavy atom. The predicted octanol–water partition coefficient (Wildman–Crippen LogP) is 3.45. The van der Waals surface area contributed by atoms with Gasteiger partial charge in [0.05, 0.1) is 22.9 Å². The molecule has 1 atom stereocenters. The van der Waals surface area contributed by atoms with E-state index in [4.69, 9.17) is 16.3 Å². The molecule has 1 amide bonds. The lowest BCUT2D eigenvalue weighted by Gasteiger charge is -2.31. The molecule has 0 saturated carbocycles. The fourth-order valence-corrected chi connectivity index (χ4v) is 5.91. The molecular formula is C24H25ClN4O5S. The monoisotopic (exact) mass is 516 g/mol. The Bertz CT molecular complexity index is 1420. The Hall–Kier alpha value is -3.21. The van der Waals surface area contributed by atoms with Gasteiger partial charge < -0.3 is 15.0 Å². The Balaban J connectivity index is 1.49. The van der Waals surface area contributed by atoms with Crippen molar-refractivity contribution in [2.75, 3.05) is 25.5 Å². The zero-order valence-electron chi connectivity index (χ0n) is 19.2. The number of benzene rings is 2. The van der Waals surface area contributed by atoms with E-state index in [9.17, 15) is 18.0 Å². The molecule has 4 rings (SSSR count). The molecule has 184 valence electrons. The Labute approximate surface area is 208 Å². The molecule has 11 heteroatoms. The average molecular weight is 517 g/mol. The van der Waals surface area contributed by atoms with Crippen LogP contribution in [0.25, 0.3) is 11.4 Å². The first-order valence-corrected chi connectivity index (χ1v) is 12.8. The van der Waals surface area contributed by atoms with Crippen molar-refractivity contribution in [3.63, 3.8) is 0 Å². The summed E-state index contributed by atoms with van der Waals surface area (Å²) in [6, 6.07) is 12.7. The molecule has 2 aromatic carbocycles. The Morgan fingerprint density at radius 2 is 2.03 bits per heavy atom. The molecule has 1 aliphatic rings. The summed E-state index contributed by atoms with van der Waals surface area (Å²) in [6.45, 7) is 2.11. The summed E-state index contributed by atoms with van der Waals surface area (Å²) in [5.74, 6) is -0.0128. The number of hydrogen-bond acceptors (Lipinski definition) is 6. The third kappa shape index (κ3) is 5.55. The smallest absolute Gasteiger partial charge is 0.251 e. The number of methoxy groups -OCH3 is 1. The number of sulfonamides is 1. The van der Waals surface area contributed by atoms with Crippen LogP contribution < -0.4 is 15.6 Å². The summed E-state index contributed by atoms with van der Waals surface area (Å²) >= 11 is 6.12. The second-order valence-electron chi connectivity index (χ2n) is 8.30. The molecule has 0 spiro atoms. The summed E-state index contributed by atoms with van der Waals surface area (Å²) in [7, 11) is -2.37. The number of aryl methyl sites for hydroxylation is 1. The SMILES string of the molecule is COc1ccc(S(=O)(=O)N2CCCC(C(=O)Nc3cccc(-c4nc(C)cc(=O)[nH]4)c3)C2)cc1Cl. The van der Waals surface area contributed by atoms with E-state index in [1.807, 2.05) is 0 Å². The molecule has 1 aliphatic heterocycles. The molecule has 0 radical (unpaired) electrons. The van der Waals surface area contributed by atoms with Gasteiger partial charge in [0.1, 0.15) is 11.6 Å². The minimum atomic E-state index is -3.83. The first kappa shape index (κ1) is 24.9. The number of ether oxygens (including phenoxy) is 1. The zero-order valence-corrected chi connectivity index (χ0v) is 20.8. The minimum absolute atomic E-state index is 0.0525. The summed E-state index contributed by atoms with van der Waals surface area (Å²) in [5, 5.41) is 3.07. The van der Waals surface area contributed by atoms with Gasteiger partial charge in [0.2, 0.25) is 15.9 Å². The fraction of sp³-hybridized carbons (Fsp3) is 0.292. The van der Waals surface area contributed by atoms with Crippen LogP contribution in [0.3, 0.4) is 0 Å². The van der Waals surface area contributed by atoms with E-state index < -0.39 is 15.9 Å². The number of anilines is 1. The van der Waals surface area contributed by atoms with E-state index in [2.05, 4.69) is 15.3 Å². The van der Waals surface area contributed by atoms with E-state index >= 15 is 0 Å². The second-order valence-corrected chi connectivity index (χ2v) is 10.6. The number of amides is 1. The summed E-state index contributed by atoms with van der Waals surface area (Å²) in [6.07, 6.45) is 1.11. The second kappa shape index (κ2) is 10.2. The molecule has 1 saturated heterocycles. The summed E-state index contributed by atoms with van der Waals surface area (Å²) in [5.41, 5.74) is 1.50. The van der Waals surface area contributed by atoms with E-state index in [1.165, 1.54) is 35.7 Å². The molecule has 2 heterocycles. The van der Waals surface area contributed by atoms with Crippen LogP contribution in [0, 0.1) is 12.8 Å². The highest BCUT2D eigenvalue weighted by atomic mass is 35.5. The van der Waals surface area contributed by atoms with Crippen LogP contribution in [-0.4, -0.2) is 48.8 Å². The van der Waals surface area contributed by atoms with Crippen LogP contribution in [0.2, 0.25) is 5.02 Å². The highest BCUT2D eigenvalue weighted by molar-refractivity contribution is 7.89. The van der Waals surface area contributed by atoms with Gasteiger partial charge in [-0.05, 0) is 50.1 Å². The number of carbonyl (C=O) groups is 1. The number of aromatic amines is 1. The summed E-state index contributed by atoms with van der Waals surface area (Å²) in [4.78, 5) is 31.9. The average Bonchev–Trinajstić information content (AvgIpc) is 2.83. The number of nitrogens with one attached hydrogen (secondary N) is 2. The molecule has 1 aromatic heterocycles. The number of nitrogens with zero attached hydrogens (tertiary/aromatic N) is 2. The Morgan fingerprint density at radius 1 is 1.23 bits per heavy atom. The van der Waals surface area contributed by atoms with Crippen molar-refractivity contribution < 1.29 is 17.9 Å². The number of hydrogen-bond donors (Lipinski definition) is 2. The lowest BCUT2D eigenvalue weighted by molar-refractivity contribution is -0.120. The van der Waals surface area contributed by atoms with Crippen molar-refractivity contribution in [1.29, 1.82) is 0 Å². The fourth-order valence-electron chi connectivity index (χ4n) is 4.04. The predicted molar refractivity (Wildman–Crippen MR) is 133 cm³/mol. The van der Waals surface area contributed by atoms with E-state index in [0.29, 0.717) is 47.9 Å². The number of H-pyrrole nitrogens is 1. The van der Waals surface area contributed by atoms with Crippen LogP contribution >= 0.6 is 11.6 Å². The van der Waals surface area contributed by atoms with Gasteiger partial charge in [-0.25, -0.2) is 13.4 Å². The van der Waals surface area contributed by atoms with Crippen molar-refractivity contribution in [2.45, 2.75) is 24.7 Å². The third-order valence-corrected chi connectivity index (χ3v) is 7.95. The molecule has 2 N–H and O–H groups in total. The largest absolute Gasteiger partial charge is 0.495 e. The lowest BCUT2D eigenvalue weighted by Crippen LogP contribution is -2.43. The maximum Gasteiger partial charge on any atom is 0.251 e. The molecule has 0 aliphatic carbocycles. The van der Waals surface area contributed by atoms with Gasteiger partial charge in [0, 0.05) is 36.1 Å². The van der Waals surface area contributed by atoms with Gasteiger partial charge in [-0.15, -0.1) is 0 Å². The van der Waals surface area contributed by atoms with Gasteiger partial charge in [-0.1, -0.05) is 23.7 Å². The number of halogens is 1. The first-order valence-electron chi connectivity index (χ1n) is 11.0. The van der Waals surface area contributed by atoms with Gasteiger partial charge in [0.15, 0.2) is 0 Å². The number of aromatic nitrogens is 2. The zero-order chi connectivity index (χ0) is 25.2. The van der Waals surface area contributed by atoms with Crippen molar-refractivity contribution in [3.8, 4) is 17.1 Å². The van der Waals surface area contributed by atoms with Gasteiger partial charge in [-0.3, -0.25) is 9.59 Å². The molecule has 3 aromatic rings. The maximum absolute atomic E-state index is 13.2. The highest BCUT2D eigenvalue weighted by Gasteiger charge is 2.33. The molecule has 1 fully saturated rings. The van der Waals surface area contributed by atoms with Crippen LogP contribution in [0.15, 0.2) is 58.2 Å². The molecule has 35 heavy (non-hydrogen) atoms. The van der Waals surface area contributed by atoms with Gasteiger partial charge in [0.25, 0.3) is 5.56 Å². The summed E-state index contributed by atoms with van der Waals surface area (Å²) < 4.78 is 32.8. The lowest BCUT2D eigenvalue weighted by atomic mass is 9.98. The maximum atomic E-state index is 13.2. The van der Waals surface area contributed by atoms with Crippen LogP contribution in [0.4, 0.5) is 5.69 Å². The minimum Gasteiger partial charge on any atom is -0.495 e. The van der Waals surface area contributed by atoms with Gasteiger partial charge in [-0.2, -0.15) is 4.31 Å². The number of piperidine rings is 1. The molecule has 0 bridgehead atoms. The van der Waals surface area contributed by atoms with Crippen LogP contribution in [-0.2, 0) is 14.8 Å². The molecule has 9 nitrogen and oxygen atoms in total. The highest BCUT2D eigenvalue weighted by Crippen LogP contribution is 2.30. The first-order chi connectivity index (χ1) is 16.7. The van der Waals surface area contributed by atoms with Gasteiger partial charge >= 0.3 is 0 Å². The molecular weight excluding hydrogens is 492 g/mol. The molecule has 1 unspecified atom stereocenters. The van der Waals surface area contributed by atoms with Crippen molar-refractivity contribution in [1.82, 2.24) is 14.3 Å².